The lowest BCUT2D eigenvalue weighted by Gasteiger charge is -2.56. The molecule has 4 saturated carbocycles. The van der Waals surface area contributed by atoms with Crippen molar-refractivity contribution >= 4 is 6.03 Å². The molecule has 5 fully saturated rings. The van der Waals surface area contributed by atoms with Crippen LogP contribution in [0.1, 0.15) is 85.2 Å². The van der Waals surface area contributed by atoms with Gasteiger partial charge in [0.05, 0.1) is 18.8 Å². The molecule has 1 heterocycles. The van der Waals surface area contributed by atoms with E-state index in [2.05, 4.69) is 108 Å². The molecule has 7 nitrogen and oxygen atoms in total. The van der Waals surface area contributed by atoms with Crippen molar-refractivity contribution < 1.29 is 19.4 Å². The Kier molecular flexibility index (Phi) is 9.97. The number of urea groups is 1. The molecule has 5 aliphatic rings. The van der Waals surface area contributed by atoms with Gasteiger partial charge < -0.3 is 25.2 Å². The number of amides is 2. The van der Waals surface area contributed by atoms with E-state index in [4.69, 9.17) is 9.47 Å². The van der Waals surface area contributed by atoms with Crippen LogP contribution in [0.5, 0.6) is 0 Å². The number of benzene rings is 4. The molecule has 0 radical (unpaired) electrons. The van der Waals surface area contributed by atoms with Gasteiger partial charge in [-0.3, -0.25) is 4.90 Å². The summed E-state index contributed by atoms with van der Waals surface area (Å²) >= 11 is 0. The molecule has 9 rings (SSSR count). The van der Waals surface area contributed by atoms with E-state index in [9.17, 15) is 9.90 Å². The summed E-state index contributed by atoms with van der Waals surface area (Å²) in [6.45, 7) is 2.11. The molecule has 3 unspecified atom stereocenters. The molecule has 4 aromatic carbocycles. The minimum Gasteiger partial charge on any atom is -0.392 e. The molecule has 1 saturated heterocycles. The van der Waals surface area contributed by atoms with Crippen LogP contribution in [0.2, 0.25) is 0 Å². The number of likely N-dealkylation sites (N-methyl/N-ethyl adjacent to an activating group) is 1. The lowest BCUT2D eigenvalue weighted by atomic mass is 9.53. The fourth-order valence-electron chi connectivity index (χ4n) is 9.80. The Hall–Kier alpha value is -4.01. The first-order chi connectivity index (χ1) is 24.9. The lowest BCUT2D eigenvalue weighted by molar-refractivity contribution is -0.252. The van der Waals surface area contributed by atoms with Crippen molar-refractivity contribution in [3.05, 3.63) is 131 Å². The van der Waals surface area contributed by atoms with Crippen molar-refractivity contribution in [3.8, 4) is 11.1 Å². The highest BCUT2D eigenvalue weighted by molar-refractivity contribution is 5.75. The van der Waals surface area contributed by atoms with E-state index in [1.165, 1.54) is 24.8 Å². The molecule has 2 amide bonds. The number of aliphatic hydroxyl groups excluding tert-OH is 1. The molecule has 4 aliphatic carbocycles. The smallest absolute Gasteiger partial charge is 0.315 e. The summed E-state index contributed by atoms with van der Waals surface area (Å²) in [5, 5.41) is 16.2. The Morgan fingerprint density at radius 1 is 0.745 bits per heavy atom. The van der Waals surface area contributed by atoms with Crippen LogP contribution in [0.15, 0.2) is 103 Å². The number of ether oxygens (including phenoxy) is 2. The minimum atomic E-state index is -0.533. The Bertz CT molecular complexity index is 1760. The number of aliphatic hydroxyl groups is 1. The first kappa shape index (κ1) is 34.1. The summed E-state index contributed by atoms with van der Waals surface area (Å²) in [4.78, 5) is 15.5. The SMILES string of the molecule is CN(Cc1ccccc1)CC1CC(c2ccc(CO)cc2)OC(c2cccc(-c3cccc(CNC(=O)NC45CC6CC(CC(C6)C4)C5)c3)c2)O1. The van der Waals surface area contributed by atoms with Crippen LogP contribution in [0.25, 0.3) is 11.1 Å². The summed E-state index contributed by atoms with van der Waals surface area (Å²) in [6.07, 6.45) is 7.55. The number of carbonyl (C=O) groups excluding carboxylic acids is 1. The molecular formula is C44H51N3O4. The van der Waals surface area contributed by atoms with Crippen LogP contribution in [-0.2, 0) is 29.2 Å². The average Bonchev–Trinajstić information content (AvgIpc) is 3.14. The third kappa shape index (κ3) is 8.07. The van der Waals surface area contributed by atoms with Crippen LogP contribution in [0, 0.1) is 17.8 Å². The molecule has 266 valence electrons. The van der Waals surface area contributed by atoms with E-state index in [-0.39, 0.29) is 30.4 Å². The zero-order valence-corrected chi connectivity index (χ0v) is 29.7. The molecule has 7 heteroatoms. The zero-order chi connectivity index (χ0) is 34.8. The Balaban J connectivity index is 0.950. The predicted octanol–water partition coefficient (Wildman–Crippen LogP) is 8.29. The average molecular weight is 686 g/mol. The quantitative estimate of drug-likeness (QED) is 0.148. The van der Waals surface area contributed by atoms with Gasteiger partial charge in [0.15, 0.2) is 6.29 Å². The number of carbonyl (C=O) groups is 1. The third-order valence-electron chi connectivity index (χ3n) is 11.7. The van der Waals surface area contributed by atoms with Gasteiger partial charge in [-0.2, -0.15) is 0 Å². The Morgan fingerprint density at radius 2 is 1.41 bits per heavy atom. The number of nitrogens with zero attached hydrogens (tertiary/aromatic N) is 1. The summed E-state index contributed by atoms with van der Waals surface area (Å²) in [5.41, 5.74) is 7.44. The van der Waals surface area contributed by atoms with Gasteiger partial charge in [-0.25, -0.2) is 4.79 Å². The van der Waals surface area contributed by atoms with E-state index in [1.54, 1.807) is 0 Å². The van der Waals surface area contributed by atoms with Gasteiger partial charge in [0, 0.05) is 37.2 Å². The van der Waals surface area contributed by atoms with Crippen LogP contribution >= 0.6 is 0 Å². The zero-order valence-electron chi connectivity index (χ0n) is 29.7. The maximum atomic E-state index is 13.2. The molecule has 3 N–H and O–H groups in total. The topological polar surface area (TPSA) is 83.1 Å². The van der Waals surface area contributed by atoms with Crippen LogP contribution in [0.4, 0.5) is 4.79 Å². The van der Waals surface area contributed by atoms with Crippen LogP contribution in [0.3, 0.4) is 0 Å². The molecule has 0 spiro atoms. The minimum absolute atomic E-state index is 0.00257. The van der Waals surface area contributed by atoms with Crippen molar-refractivity contribution in [2.24, 2.45) is 17.8 Å². The maximum absolute atomic E-state index is 13.2. The van der Waals surface area contributed by atoms with Crippen molar-refractivity contribution in [1.29, 1.82) is 0 Å². The monoisotopic (exact) mass is 685 g/mol. The molecule has 4 bridgehead atoms. The molecule has 0 aromatic heterocycles. The highest BCUT2D eigenvalue weighted by Gasteiger charge is 2.51. The fourth-order valence-corrected chi connectivity index (χ4v) is 9.80. The van der Waals surface area contributed by atoms with Crippen molar-refractivity contribution in [2.75, 3.05) is 13.6 Å². The molecule has 4 aromatic rings. The molecule has 3 atom stereocenters. The van der Waals surface area contributed by atoms with Gasteiger partial charge in [0.2, 0.25) is 0 Å². The van der Waals surface area contributed by atoms with Crippen LogP contribution in [-0.4, -0.2) is 41.3 Å². The third-order valence-corrected chi connectivity index (χ3v) is 11.7. The van der Waals surface area contributed by atoms with Gasteiger partial charge in [-0.1, -0.05) is 91.0 Å². The van der Waals surface area contributed by atoms with E-state index >= 15 is 0 Å². The number of hydrogen-bond acceptors (Lipinski definition) is 5. The van der Waals surface area contributed by atoms with E-state index in [1.807, 2.05) is 18.2 Å². The fraction of sp³-hybridized carbons (Fsp3) is 0.432. The molecule has 1 aliphatic heterocycles. The van der Waals surface area contributed by atoms with Gasteiger partial charge in [-0.05, 0) is 109 Å². The van der Waals surface area contributed by atoms with Crippen LogP contribution < -0.4 is 10.6 Å². The maximum Gasteiger partial charge on any atom is 0.315 e. The number of hydrogen-bond donors (Lipinski definition) is 3. The van der Waals surface area contributed by atoms with Gasteiger partial charge in [0.1, 0.15) is 0 Å². The van der Waals surface area contributed by atoms with Gasteiger partial charge >= 0.3 is 6.03 Å². The summed E-state index contributed by atoms with van der Waals surface area (Å²) in [5.74, 6) is 2.39. The summed E-state index contributed by atoms with van der Waals surface area (Å²) < 4.78 is 13.4. The molecule has 51 heavy (non-hydrogen) atoms. The Morgan fingerprint density at radius 3 is 2.12 bits per heavy atom. The first-order valence-corrected chi connectivity index (χ1v) is 18.9. The normalized spacial score (nSPS) is 28.1. The van der Waals surface area contributed by atoms with Crippen molar-refractivity contribution in [2.45, 2.75) is 88.7 Å². The van der Waals surface area contributed by atoms with Gasteiger partial charge in [0.25, 0.3) is 0 Å². The van der Waals surface area contributed by atoms with Gasteiger partial charge in [-0.15, -0.1) is 0 Å². The largest absolute Gasteiger partial charge is 0.392 e. The second-order valence-electron chi connectivity index (χ2n) is 15.9. The van der Waals surface area contributed by atoms with Crippen molar-refractivity contribution in [1.82, 2.24) is 15.5 Å². The number of nitrogens with one attached hydrogen (secondary N) is 2. The van der Waals surface area contributed by atoms with E-state index in [0.29, 0.717) is 6.54 Å². The summed E-state index contributed by atoms with van der Waals surface area (Å²) in [7, 11) is 2.14. The second-order valence-corrected chi connectivity index (χ2v) is 15.9. The Labute approximate surface area is 302 Å². The van der Waals surface area contributed by atoms with E-state index in [0.717, 1.165) is 89.9 Å². The molecular weight excluding hydrogens is 635 g/mol. The highest BCUT2D eigenvalue weighted by Crippen LogP contribution is 2.55. The second kappa shape index (κ2) is 14.9. The standard InChI is InChI=1S/C44H51N3O4/c1-47(27-30-7-3-2-4-8-30)28-40-22-41(36-15-13-31(29-48)14-16-36)51-42(50-40)39-12-6-11-38(21-39)37-10-5-9-32(20-37)26-45-43(49)46-44-23-33-17-34(24-44)19-35(18-33)25-44/h2-16,20-21,33-35,40-42,48H,17-19,22-29H2,1H3,(H2,45,46,49). The lowest BCUT2D eigenvalue weighted by Crippen LogP contribution is -2.61. The van der Waals surface area contributed by atoms with Crippen molar-refractivity contribution in [3.63, 3.8) is 0 Å². The highest BCUT2D eigenvalue weighted by atomic mass is 16.7. The first-order valence-electron chi connectivity index (χ1n) is 18.9. The predicted molar refractivity (Wildman–Crippen MR) is 199 cm³/mol. The van der Waals surface area contributed by atoms with E-state index < -0.39 is 6.29 Å². The summed E-state index contributed by atoms with van der Waals surface area (Å²) in [6, 6.07) is 35.4. The number of rotatable bonds is 11.